The zero-order valence-corrected chi connectivity index (χ0v) is 15.1. The molecular formula is C20H17N3O4. The number of carbonyl (C=O) groups is 1. The zero-order valence-electron chi connectivity index (χ0n) is 15.1. The number of benzene rings is 2. The Hall–Kier alpha value is -3.97. The minimum atomic E-state index is -0.631. The topological polar surface area (TPSA) is 104 Å². The first-order chi connectivity index (χ1) is 13.1. The van der Waals surface area contributed by atoms with Crippen molar-refractivity contribution < 1.29 is 19.0 Å². The van der Waals surface area contributed by atoms with Gasteiger partial charge < -0.3 is 19.5 Å². The van der Waals surface area contributed by atoms with E-state index in [0.717, 1.165) is 0 Å². The largest absolute Gasteiger partial charge is 0.493 e. The Morgan fingerprint density at radius 2 is 1.67 bits per heavy atom. The van der Waals surface area contributed by atoms with Crippen molar-refractivity contribution >= 4 is 17.7 Å². The predicted molar refractivity (Wildman–Crippen MR) is 99.5 cm³/mol. The molecule has 27 heavy (non-hydrogen) atoms. The maximum atomic E-state index is 12.4. The monoisotopic (exact) mass is 363 g/mol. The molecule has 0 heterocycles. The van der Waals surface area contributed by atoms with Crippen LogP contribution in [0.5, 0.6) is 17.2 Å². The van der Waals surface area contributed by atoms with Crippen LogP contribution in [0.25, 0.3) is 6.08 Å². The average molecular weight is 363 g/mol. The molecular weight excluding hydrogens is 346 g/mol. The van der Waals surface area contributed by atoms with Crippen molar-refractivity contribution in [3.8, 4) is 29.4 Å². The van der Waals surface area contributed by atoms with E-state index < -0.39 is 5.91 Å². The van der Waals surface area contributed by atoms with Crippen LogP contribution in [0.3, 0.4) is 0 Å². The van der Waals surface area contributed by atoms with Gasteiger partial charge in [0.05, 0.1) is 32.6 Å². The average Bonchev–Trinajstić information content (AvgIpc) is 2.71. The van der Waals surface area contributed by atoms with Crippen LogP contribution in [0.2, 0.25) is 0 Å². The highest BCUT2D eigenvalue weighted by Gasteiger charge is 2.15. The Morgan fingerprint density at radius 1 is 1.04 bits per heavy atom. The van der Waals surface area contributed by atoms with E-state index in [9.17, 15) is 10.1 Å². The summed E-state index contributed by atoms with van der Waals surface area (Å²) in [4.78, 5) is 12.4. The molecule has 0 aliphatic rings. The minimum Gasteiger partial charge on any atom is -0.493 e. The fraction of sp³-hybridized carbons (Fsp3) is 0.150. The lowest BCUT2D eigenvalue weighted by atomic mass is 10.1. The Bertz CT molecular complexity index is 943. The van der Waals surface area contributed by atoms with Crippen molar-refractivity contribution in [3.05, 3.63) is 53.1 Å². The molecule has 0 aromatic heterocycles. The minimum absolute atomic E-state index is 0.142. The molecule has 0 saturated heterocycles. The van der Waals surface area contributed by atoms with Crippen molar-refractivity contribution in [2.45, 2.75) is 0 Å². The van der Waals surface area contributed by atoms with E-state index in [0.29, 0.717) is 34.1 Å². The molecule has 0 bridgehead atoms. The van der Waals surface area contributed by atoms with Gasteiger partial charge in [-0.25, -0.2) is 0 Å². The highest BCUT2D eigenvalue weighted by molar-refractivity contribution is 6.10. The van der Waals surface area contributed by atoms with E-state index in [2.05, 4.69) is 5.32 Å². The summed E-state index contributed by atoms with van der Waals surface area (Å²) in [7, 11) is 4.43. The summed E-state index contributed by atoms with van der Waals surface area (Å²) in [6.45, 7) is 0. The molecule has 0 spiro atoms. The summed E-state index contributed by atoms with van der Waals surface area (Å²) >= 11 is 0. The molecule has 2 aromatic carbocycles. The zero-order chi connectivity index (χ0) is 19.8. The molecule has 0 aliphatic carbocycles. The Morgan fingerprint density at radius 3 is 2.19 bits per heavy atom. The van der Waals surface area contributed by atoms with Gasteiger partial charge in [0, 0.05) is 0 Å². The first-order valence-electron chi connectivity index (χ1n) is 7.80. The summed E-state index contributed by atoms with van der Waals surface area (Å²) in [5.74, 6) is 0.572. The number of anilines is 1. The van der Waals surface area contributed by atoms with E-state index in [1.165, 1.54) is 27.4 Å². The molecule has 2 rings (SSSR count). The molecule has 7 nitrogen and oxygen atoms in total. The quantitative estimate of drug-likeness (QED) is 0.624. The number of nitrogens with one attached hydrogen (secondary N) is 1. The van der Waals surface area contributed by atoms with E-state index >= 15 is 0 Å². The molecule has 0 aliphatic heterocycles. The number of ether oxygens (including phenoxy) is 3. The van der Waals surface area contributed by atoms with Crippen molar-refractivity contribution in [2.75, 3.05) is 26.6 Å². The van der Waals surface area contributed by atoms with Crippen LogP contribution in [0.15, 0.2) is 42.0 Å². The molecule has 136 valence electrons. The summed E-state index contributed by atoms with van der Waals surface area (Å²) < 4.78 is 15.8. The van der Waals surface area contributed by atoms with Gasteiger partial charge in [-0.15, -0.1) is 0 Å². The molecule has 0 radical (unpaired) electrons. The van der Waals surface area contributed by atoms with Crippen molar-refractivity contribution in [2.24, 2.45) is 0 Å². The van der Waals surface area contributed by atoms with Crippen LogP contribution in [-0.2, 0) is 4.79 Å². The number of methoxy groups -OCH3 is 3. The second kappa shape index (κ2) is 8.93. The smallest absolute Gasteiger partial charge is 0.266 e. The number of hydrogen-bond acceptors (Lipinski definition) is 6. The number of nitrogens with zero attached hydrogens (tertiary/aromatic N) is 2. The molecule has 7 heteroatoms. The van der Waals surface area contributed by atoms with Crippen molar-refractivity contribution in [3.63, 3.8) is 0 Å². The number of amides is 1. The standard InChI is InChI=1S/C20H17N3O4/c1-25-17-9-13(10-18(26-2)19(17)27-3)8-15(12-22)20(24)23-16-7-5-4-6-14(16)11-21/h4-10H,1-3H3,(H,23,24)/b15-8-. The number of rotatable bonds is 6. The lowest BCUT2D eigenvalue weighted by Crippen LogP contribution is -2.14. The summed E-state index contributed by atoms with van der Waals surface area (Å²) in [5.41, 5.74) is 1.01. The summed E-state index contributed by atoms with van der Waals surface area (Å²) in [6.07, 6.45) is 1.40. The maximum absolute atomic E-state index is 12.4. The lowest BCUT2D eigenvalue weighted by Gasteiger charge is -2.13. The van der Waals surface area contributed by atoms with Crippen LogP contribution in [-0.4, -0.2) is 27.2 Å². The van der Waals surface area contributed by atoms with Crippen LogP contribution in [0.1, 0.15) is 11.1 Å². The number of hydrogen-bond donors (Lipinski definition) is 1. The SMILES string of the molecule is COc1cc(/C=C(/C#N)C(=O)Nc2ccccc2C#N)cc(OC)c1OC. The van der Waals surface area contributed by atoms with Crippen LogP contribution in [0.4, 0.5) is 5.69 Å². The molecule has 0 fully saturated rings. The van der Waals surface area contributed by atoms with Gasteiger partial charge in [-0.3, -0.25) is 4.79 Å². The van der Waals surface area contributed by atoms with E-state index in [-0.39, 0.29) is 5.57 Å². The van der Waals surface area contributed by atoms with Gasteiger partial charge in [0.25, 0.3) is 5.91 Å². The van der Waals surface area contributed by atoms with Gasteiger partial charge in [-0.2, -0.15) is 10.5 Å². The van der Waals surface area contributed by atoms with E-state index in [1.54, 1.807) is 36.4 Å². The van der Waals surface area contributed by atoms with Crippen molar-refractivity contribution in [1.29, 1.82) is 10.5 Å². The highest BCUT2D eigenvalue weighted by atomic mass is 16.5. The molecule has 1 N–H and O–H groups in total. The molecule has 0 unspecified atom stereocenters. The third-order valence-electron chi connectivity index (χ3n) is 3.66. The molecule has 2 aromatic rings. The highest BCUT2D eigenvalue weighted by Crippen LogP contribution is 2.38. The van der Waals surface area contributed by atoms with Crippen LogP contribution >= 0.6 is 0 Å². The lowest BCUT2D eigenvalue weighted by molar-refractivity contribution is -0.112. The van der Waals surface area contributed by atoms with Gasteiger partial charge in [0.2, 0.25) is 5.75 Å². The summed E-state index contributed by atoms with van der Waals surface area (Å²) in [5, 5.41) is 21.1. The number of para-hydroxylation sites is 1. The first kappa shape index (κ1) is 19.4. The molecule has 0 saturated carbocycles. The van der Waals surface area contributed by atoms with E-state index in [1.807, 2.05) is 12.1 Å². The maximum Gasteiger partial charge on any atom is 0.266 e. The Labute approximate surface area is 157 Å². The van der Waals surface area contributed by atoms with Gasteiger partial charge in [-0.05, 0) is 35.9 Å². The number of nitriles is 2. The van der Waals surface area contributed by atoms with E-state index in [4.69, 9.17) is 19.5 Å². The fourth-order valence-electron chi connectivity index (χ4n) is 2.38. The number of carbonyl (C=O) groups excluding carboxylic acids is 1. The predicted octanol–water partition coefficient (Wildman–Crippen LogP) is 3.13. The first-order valence-corrected chi connectivity index (χ1v) is 7.80. The Kier molecular flexibility index (Phi) is 6.40. The fourth-order valence-corrected chi connectivity index (χ4v) is 2.38. The van der Waals surface area contributed by atoms with Crippen LogP contribution in [0, 0.1) is 22.7 Å². The Balaban J connectivity index is 2.40. The normalized spacial score (nSPS) is 10.3. The molecule has 1 amide bonds. The summed E-state index contributed by atoms with van der Waals surface area (Å²) in [6, 6.07) is 13.6. The van der Waals surface area contributed by atoms with Gasteiger partial charge in [0.1, 0.15) is 17.7 Å². The second-order valence-electron chi connectivity index (χ2n) is 5.24. The van der Waals surface area contributed by atoms with Gasteiger partial charge in [-0.1, -0.05) is 12.1 Å². The molecule has 0 atom stereocenters. The second-order valence-corrected chi connectivity index (χ2v) is 5.24. The van der Waals surface area contributed by atoms with Crippen molar-refractivity contribution in [1.82, 2.24) is 0 Å². The third-order valence-corrected chi connectivity index (χ3v) is 3.66. The van der Waals surface area contributed by atoms with Gasteiger partial charge in [0.15, 0.2) is 11.5 Å². The third kappa shape index (κ3) is 4.36. The van der Waals surface area contributed by atoms with Crippen LogP contribution < -0.4 is 19.5 Å². The van der Waals surface area contributed by atoms with Gasteiger partial charge >= 0.3 is 0 Å².